The lowest BCUT2D eigenvalue weighted by Crippen LogP contribution is -2.46. The van der Waals surface area contributed by atoms with Gasteiger partial charge in [-0.3, -0.25) is 4.79 Å². The lowest BCUT2D eigenvalue weighted by Gasteiger charge is -2.30. The Morgan fingerprint density at radius 3 is 2.47 bits per heavy atom. The van der Waals surface area contributed by atoms with Crippen LogP contribution in [0, 0.1) is 5.41 Å². The molecule has 1 rings (SSSR count). The SMILES string of the molecule is CCCC(CN)(CCC)C(=O)NCc1nncn1C. The molecule has 3 N–H and O–H groups in total. The van der Waals surface area contributed by atoms with E-state index in [1.807, 2.05) is 7.05 Å². The van der Waals surface area contributed by atoms with E-state index in [-0.39, 0.29) is 5.91 Å². The number of rotatable bonds is 8. The second kappa shape index (κ2) is 7.23. The summed E-state index contributed by atoms with van der Waals surface area (Å²) in [6, 6.07) is 0. The normalized spacial score (nSPS) is 11.6. The van der Waals surface area contributed by atoms with E-state index in [1.165, 1.54) is 0 Å². The van der Waals surface area contributed by atoms with Crippen LogP contribution < -0.4 is 11.1 Å². The molecule has 1 aromatic heterocycles. The van der Waals surface area contributed by atoms with Gasteiger partial charge in [0.15, 0.2) is 5.82 Å². The zero-order valence-electron chi connectivity index (χ0n) is 12.1. The summed E-state index contributed by atoms with van der Waals surface area (Å²) >= 11 is 0. The number of carbonyl (C=O) groups excluding carboxylic acids is 1. The molecule has 0 aliphatic rings. The lowest BCUT2D eigenvalue weighted by atomic mass is 9.78. The Labute approximate surface area is 114 Å². The minimum Gasteiger partial charge on any atom is -0.348 e. The highest BCUT2D eigenvalue weighted by Crippen LogP contribution is 2.29. The number of hydrogen-bond acceptors (Lipinski definition) is 4. The van der Waals surface area contributed by atoms with Gasteiger partial charge in [-0.25, -0.2) is 0 Å². The van der Waals surface area contributed by atoms with Crippen molar-refractivity contribution in [1.82, 2.24) is 20.1 Å². The Hall–Kier alpha value is -1.43. The van der Waals surface area contributed by atoms with Crippen molar-refractivity contribution in [2.24, 2.45) is 18.2 Å². The Kier molecular flexibility index (Phi) is 5.95. The maximum atomic E-state index is 12.4. The fourth-order valence-corrected chi connectivity index (χ4v) is 2.42. The van der Waals surface area contributed by atoms with E-state index >= 15 is 0 Å². The number of aromatic nitrogens is 3. The standard InChI is InChI=1S/C13H25N5O/c1-4-6-13(9-14,7-5-2)12(19)15-8-11-17-16-10-18(11)3/h10H,4-9,14H2,1-3H3,(H,15,19). The Morgan fingerprint density at radius 1 is 1.42 bits per heavy atom. The number of nitrogens with one attached hydrogen (secondary N) is 1. The maximum Gasteiger partial charge on any atom is 0.227 e. The van der Waals surface area contributed by atoms with Crippen molar-refractivity contribution >= 4 is 5.91 Å². The molecule has 0 fully saturated rings. The molecule has 6 nitrogen and oxygen atoms in total. The minimum absolute atomic E-state index is 0.0294. The maximum absolute atomic E-state index is 12.4. The molecule has 0 bridgehead atoms. The number of carbonyl (C=O) groups is 1. The van der Waals surface area contributed by atoms with Crippen LogP contribution in [0.15, 0.2) is 6.33 Å². The predicted molar refractivity (Wildman–Crippen MR) is 74.2 cm³/mol. The molecule has 1 aromatic rings. The van der Waals surface area contributed by atoms with E-state index in [0.29, 0.717) is 13.1 Å². The summed E-state index contributed by atoms with van der Waals surface area (Å²) < 4.78 is 1.80. The highest BCUT2D eigenvalue weighted by molar-refractivity contribution is 5.82. The van der Waals surface area contributed by atoms with Gasteiger partial charge >= 0.3 is 0 Å². The van der Waals surface area contributed by atoms with Gasteiger partial charge in [-0.05, 0) is 12.8 Å². The van der Waals surface area contributed by atoms with E-state index in [4.69, 9.17) is 5.73 Å². The zero-order valence-corrected chi connectivity index (χ0v) is 12.1. The first-order chi connectivity index (χ1) is 9.09. The van der Waals surface area contributed by atoms with E-state index in [1.54, 1.807) is 10.9 Å². The molecule has 0 aliphatic carbocycles. The van der Waals surface area contributed by atoms with E-state index < -0.39 is 5.41 Å². The minimum atomic E-state index is -0.442. The molecule has 1 heterocycles. The highest BCUT2D eigenvalue weighted by Gasteiger charge is 2.35. The zero-order chi connectivity index (χ0) is 14.3. The van der Waals surface area contributed by atoms with Crippen LogP contribution in [0.2, 0.25) is 0 Å². The van der Waals surface area contributed by atoms with Crippen LogP contribution >= 0.6 is 0 Å². The molecule has 0 atom stereocenters. The van der Waals surface area contributed by atoms with Crippen molar-refractivity contribution in [1.29, 1.82) is 0 Å². The molecule has 0 unspecified atom stereocenters. The molecule has 0 radical (unpaired) electrons. The number of nitrogens with two attached hydrogens (primary N) is 1. The Morgan fingerprint density at radius 2 is 2.05 bits per heavy atom. The molecule has 0 saturated heterocycles. The van der Waals surface area contributed by atoms with Gasteiger partial charge in [0.05, 0.1) is 12.0 Å². The number of hydrogen-bond donors (Lipinski definition) is 2. The topological polar surface area (TPSA) is 85.8 Å². The average Bonchev–Trinajstić information content (AvgIpc) is 2.81. The summed E-state index contributed by atoms with van der Waals surface area (Å²) in [7, 11) is 1.86. The summed E-state index contributed by atoms with van der Waals surface area (Å²) in [5.74, 6) is 0.772. The fraction of sp³-hybridized carbons (Fsp3) is 0.769. The Balaban J connectivity index is 2.69. The second-order valence-corrected chi connectivity index (χ2v) is 5.03. The van der Waals surface area contributed by atoms with Gasteiger partial charge in [-0.15, -0.1) is 10.2 Å². The summed E-state index contributed by atoms with van der Waals surface area (Å²) in [5.41, 5.74) is 5.42. The fourth-order valence-electron chi connectivity index (χ4n) is 2.42. The van der Waals surface area contributed by atoms with Crippen LogP contribution in [-0.4, -0.2) is 27.2 Å². The van der Waals surface area contributed by atoms with Gasteiger partial charge in [0.25, 0.3) is 0 Å². The third kappa shape index (κ3) is 3.76. The average molecular weight is 267 g/mol. The molecule has 0 aromatic carbocycles. The quantitative estimate of drug-likeness (QED) is 0.735. The summed E-state index contributed by atoms with van der Waals surface area (Å²) in [5, 5.41) is 10.7. The van der Waals surface area contributed by atoms with Gasteiger partial charge in [0.1, 0.15) is 6.33 Å². The molecule has 6 heteroatoms. The van der Waals surface area contributed by atoms with E-state index in [2.05, 4.69) is 29.4 Å². The molecule has 19 heavy (non-hydrogen) atoms. The smallest absolute Gasteiger partial charge is 0.227 e. The van der Waals surface area contributed by atoms with Crippen molar-refractivity contribution in [3.63, 3.8) is 0 Å². The van der Waals surface area contributed by atoms with Gasteiger partial charge in [-0.1, -0.05) is 26.7 Å². The summed E-state index contributed by atoms with van der Waals surface area (Å²) in [4.78, 5) is 12.4. The third-order valence-corrected chi connectivity index (χ3v) is 3.54. The van der Waals surface area contributed by atoms with Gasteiger partial charge in [-0.2, -0.15) is 0 Å². The monoisotopic (exact) mass is 267 g/mol. The van der Waals surface area contributed by atoms with Gasteiger partial charge in [0.2, 0.25) is 5.91 Å². The number of aryl methyl sites for hydroxylation is 1. The van der Waals surface area contributed by atoms with Crippen LogP contribution in [0.5, 0.6) is 0 Å². The molecular weight excluding hydrogens is 242 g/mol. The van der Waals surface area contributed by atoms with Crippen molar-refractivity contribution in [3.8, 4) is 0 Å². The van der Waals surface area contributed by atoms with E-state index in [9.17, 15) is 4.79 Å². The van der Waals surface area contributed by atoms with Crippen molar-refractivity contribution < 1.29 is 4.79 Å². The van der Waals surface area contributed by atoms with E-state index in [0.717, 1.165) is 31.5 Å². The van der Waals surface area contributed by atoms with Crippen molar-refractivity contribution in [3.05, 3.63) is 12.2 Å². The Bertz CT molecular complexity index is 395. The first kappa shape index (κ1) is 15.6. The lowest BCUT2D eigenvalue weighted by molar-refractivity contribution is -0.131. The van der Waals surface area contributed by atoms with Gasteiger partial charge in [0, 0.05) is 13.6 Å². The van der Waals surface area contributed by atoms with Crippen molar-refractivity contribution in [2.75, 3.05) is 6.54 Å². The van der Waals surface area contributed by atoms with Gasteiger partial charge < -0.3 is 15.6 Å². The summed E-state index contributed by atoms with van der Waals surface area (Å²) in [6.07, 6.45) is 5.17. The molecule has 0 saturated carbocycles. The van der Waals surface area contributed by atoms with Crippen LogP contribution in [0.3, 0.4) is 0 Å². The first-order valence-electron chi connectivity index (χ1n) is 6.91. The van der Waals surface area contributed by atoms with Crippen LogP contribution in [0.1, 0.15) is 45.4 Å². The van der Waals surface area contributed by atoms with Crippen LogP contribution in [-0.2, 0) is 18.4 Å². The first-order valence-corrected chi connectivity index (χ1v) is 6.91. The molecule has 108 valence electrons. The number of amides is 1. The largest absolute Gasteiger partial charge is 0.348 e. The predicted octanol–water partition coefficient (Wildman–Crippen LogP) is 0.977. The highest BCUT2D eigenvalue weighted by atomic mass is 16.2. The van der Waals surface area contributed by atoms with Crippen molar-refractivity contribution in [2.45, 2.75) is 46.1 Å². The third-order valence-electron chi connectivity index (χ3n) is 3.54. The number of nitrogens with zero attached hydrogens (tertiary/aromatic N) is 3. The molecule has 0 spiro atoms. The van der Waals surface area contributed by atoms with Crippen LogP contribution in [0.4, 0.5) is 0 Å². The molecular formula is C13H25N5O. The van der Waals surface area contributed by atoms with Crippen LogP contribution in [0.25, 0.3) is 0 Å². The molecule has 1 amide bonds. The summed E-state index contributed by atoms with van der Waals surface area (Å²) in [6.45, 7) is 4.94. The molecule has 0 aliphatic heterocycles. The second-order valence-electron chi connectivity index (χ2n) is 5.03.